The summed E-state index contributed by atoms with van der Waals surface area (Å²) < 4.78 is 23.8. The Balaban J connectivity index is 1.91. The fraction of sp³-hybridized carbons (Fsp3) is 0.619. The minimum absolute atomic E-state index is 0.00821. The van der Waals surface area contributed by atoms with E-state index in [-0.39, 0.29) is 29.9 Å². The van der Waals surface area contributed by atoms with Crippen LogP contribution in [0.15, 0.2) is 29.3 Å². The second-order valence-electron chi connectivity index (χ2n) is 6.94. The van der Waals surface area contributed by atoms with Crippen molar-refractivity contribution in [3.05, 3.63) is 35.6 Å². The molecule has 28 heavy (non-hydrogen) atoms. The third kappa shape index (κ3) is 6.78. The molecule has 0 aliphatic heterocycles. The van der Waals surface area contributed by atoms with Gasteiger partial charge in [0.15, 0.2) is 5.96 Å². The molecule has 0 aromatic heterocycles. The van der Waals surface area contributed by atoms with Gasteiger partial charge in [0.25, 0.3) is 0 Å². The molecule has 1 aliphatic rings. The van der Waals surface area contributed by atoms with E-state index in [9.17, 15) is 9.18 Å². The van der Waals surface area contributed by atoms with E-state index in [1.54, 1.807) is 19.2 Å². The van der Waals surface area contributed by atoms with Crippen molar-refractivity contribution in [3.8, 4) is 0 Å². The second-order valence-corrected chi connectivity index (χ2v) is 6.94. The molecule has 1 unspecified atom stereocenters. The summed E-state index contributed by atoms with van der Waals surface area (Å²) in [5.41, 5.74) is 0.887. The van der Waals surface area contributed by atoms with Gasteiger partial charge in [0.05, 0.1) is 19.1 Å². The van der Waals surface area contributed by atoms with Crippen molar-refractivity contribution in [1.29, 1.82) is 0 Å². The summed E-state index contributed by atoms with van der Waals surface area (Å²) in [6.45, 7) is 5.46. The molecule has 156 valence electrons. The molecular formula is C21H32FN3O3. The number of carbonyl (C=O) groups is 1. The third-order valence-corrected chi connectivity index (χ3v) is 4.97. The quantitative estimate of drug-likeness (QED) is 0.403. The number of hydrogen-bond donors (Lipinski definition) is 2. The predicted molar refractivity (Wildman–Crippen MR) is 108 cm³/mol. The third-order valence-electron chi connectivity index (χ3n) is 4.97. The van der Waals surface area contributed by atoms with Crippen LogP contribution in [0.1, 0.15) is 51.2 Å². The molecule has 1 fully saturated rings. The van der Waals surface area contributed by atoms with Crippen LogP contribution >= 0.6 is 0 Å². The van der Waals surface area contributed by atoms with Crippen LogP contribution in [-0.2, 0) is 14.3 Å². The van der Waals surface area contributed by atoms with Crippen LogP contribution in [-0.4, -0.2) is 44.8 Å². The molecule has 0 amide bonds. The van der Waals surface area contributed by atoms with Crippen LogP contribution in [0.3, 0.4) is 0 Å². The summed E-state index contributed by atoms with van der Waals surface area (Å²) in [4.78, 5) is 16.5. The summed E-state index contributed by atoms with van der Waals surface area (Å²) in [6.07, 6.45) is 3.22. The molecule has 0 saturated heterocycles. The fourth-order valence-electron chi connectivity index (χ4n) is 3.41. The number of aliphatic imine (C=N–C) groups is 1. The number of esters is 1. The van der Waals surface area contributed by atoms with E-state index in [2.05, 4.69) is 15.6 Å². The molecule has 1 aromatic rings. The molecule has 1 saturated carbocycles. The Morgan fingerprint density at radius 3 is 2.46 bits per heavy atom. The highest BCUT2D eigenvalue weighted by molar-refractivity contribution is 5.80. The number of hydrogen-bond acceptors (Lipinski definition) is 4. The Morgan fingerprint density at radius 2 is 1.89 bits per heavy atom. The monoisotopic (exact) mass is 393 g/mol. The topological polar surface area (TPSA) is 72.0 Å². The van der Waals surface area contributed by atoms with Crippen molar-refractivity contribution in [1.82, 2.24) is 10.6 Å². The Hall–Kier alpha value is -2.15. The Labute approximate surface area is 166 Å². The van der Waals surface area contributed by atoms with Gasteiger partial charge < -0.3 is 20.1 Å². The van der Waals surface area contributed by atoms with Crippen LogP contribution in [0.5, 0.6) is 0 Å². The van der Waals surface area contributed by atoms with Gasteiger partial charge in [-0.2, -0.15) is 0 Å². The Bertz CT molecular complexity index is 628. The van der Waals surface area contributed by atoms with Gasteiger partial charge >= 0.3 is 5.97 Å². The van der Waals surface area contributed by atoms with Gasteiger partial charge in [-0.05, 0) is 57.2 Å². The number of rotatable bonds is 8. The molecule has 0 radical (unpaired) electrons. The first-order valence-electron chi connectivity index (χ1n) is 10.1. The molecule has 1 atom stereocenters. The summed E-state index contributed by atoms with van der Waals surface area (Å²) in [5.74, 6) is 0.388. The van der Waals surface area contributed by atoms with E-state index in [0.29, 0.717) is 13.2 Å². The second kappa shape index (κ2) is 11.6. The Kier molecular flexibility index (Phi) is 9.20. The van der Waals surface area contributed by atoms with E-state index in [1.807, 2.05) is 13.8 Å². The average Bonchev–Trinajstić information content (AvgIpc) is 2.70. The summed E-state index contributed by atoms with van der Waals surface area (Å²) >= 11 is 0. The van der Waals surface area contributed by atoms with Gasteiger partial charge in [-0.25, -0.2) is 4.39 Å². The van der Waals surface area contributed by atoms with Crippen molar-refractivity contribution in [3.63, 3.8) is 0 Å². The largest absolute Gasteiger partial charge is 0.466 e. The lowest BCUT2D eigenvalue weighted by Crippen LogP contribution is -2.45. The molecule has 0 spiro atoms. The zero-order valence-electron chi connectivity index (χ0n) is 17.0. The van der Waals surface area contributed by atoms with Gasteiger partial charge in [-0.15, -0.1) is 0 Å². The number of carbonyl (C=O) groups excluding carboxylic acids is 1. The molecule has 1 aromatic carbocycles. The molecule has 0 bridgehead atoms. The molecule has 0 heterocycles. The zero-order chi connectivity index (χ0) is 20.4. The standard InChI is InChI=1S/C21H32FN3O3/c1-4-23-21(24-14-19(27-3)15-6-10-17(22)11-7-15)25-18-12-8-16(9-13-18)20(26)28-5-2/h6-7,10-11,16,18-19H,4-5,8-9,12-14H2,1-3H3,(H2,23,24,25). The molecule has 7 heteroatoms. The lowest BCUT2D eigenvalue weighted by molar-refractivity contribution is -0.149. The maximum Gasteiger partial charge on any atom is 0.308 e. The van der Waals surface area contributed by atoms with Crippen molar-refractivity contribution >= 4 is 11.9 Å². The fourth-order valence-corrected chi connectivity index (χ4v) is 3.41. The highest BCUT2D eigenvalue weighted by Crippen LogP contribution is 2.25. The van der Waals surface area contributed by atoms with Crippen LogP contribution in [0.25, 0.3) is 0 Å². The SMILES string of the molecule is CCNC(=NCC(OC)c1ccc(F)cc1)NC1CCC(C(=O)OCC)CC1. The number of methoxy groups -OCH3 is 1. The van der Waals surface area contributed by atoms with E-state index in [1.165, 1.54) is 12.1 Å². The van der Waals surface area contributed by atoms with E-state index in [0.717, 1.165) is 43.8 Å². The van der Waals surface area contributed by atoms with Crippen LogP contribution in [0.4, 0.5) is 4.39 Å². The number of guanidine groups is 1. The van der Waals surface area contributed by atoms with Crippen molar-refractivity contribution in [2.75, 3.05) is 26.8 Å². The van der Waals surface area contributed by atoms with Crippen LogP contribution < -0.4 is 10.6 Å². The van der Waals surface area contributed by atoms with Gasteiger partial charge in [-0.3, -0.25) is 9.79 Å². The van der Waals surface area contributed by atoms with Gasteiger partial charge in [-0.1, -0.05) is 12.1 Å². The minimum Gasteiger partial charge on any atom is -0.466 e. The summed E-state index contributed by atoms with van der Waals surface area (Å²) in [7, 11) is 1.63. The number of benzene rings is 1. The number of nitrogens with one attached hydrogen (secondary N) is 2. The molecule has 1 aliphatic carbocycles. The normalized spacial score (nSPS) is 21.1. The number of nitrogens with zero attached hydrogens (tertiary/aromatic N) is 1. The van der Waals surface area contributed by atoms with E-state index >= 15 is 0 Å². The highest BCUT2D eigenvalue weighted by atomic mass is 19.1. The first-order chi connectivity index (χ1) is 13.6. The van der Waals surface area contributed by atoms with Crippen molar-refractivity contribution in [2.24, 2.45) is 10.9 Å². The minimum atomic E-state index is -0.268. The maximum absolute atomic E-state index is 13.1. The van der Waals surface area contributed by atoms with Gasteiger partial charge in [0.1, 0.15) is 11.9 Å². The summed E-state index contributed by atoms with van der Waals surface area (Å²) in [5, 5.41) is 6.72. The first kappa shape index (κ1) is 22.1. The molecular weight excluding hydrogens is 361 g/mol. The van der Waals surface area contributed by atoms with E-state index < -0.39 is 0 Å². The molecule has 2 N–H and O–H groups in total. The molecule has 6 nitrogen and oxygen atoms in total. The van der Waals surface area contributed by atoms with Gasteiger partial charge in [0, 0.05) is 19.7 Å². The molecule has 2 rings (SSSR count). The van der Waals surface area contributed by atoms with Crippen LogP contribution in [0, 0.1) is 11.7 Å². The van der Waals surface area contributed by atoms with Crippen molar-refractivity contribution < 1.29 is 18.7 Å². The number of halogens is 1. The lowest BCUT2D eigenvalue weighted by Gasteiger charge is -2.29. The zero-order valence-corrected chi connectivity index (χ0v) is 17.0. The summed E-state index contributed by atoms with van der Waals surface area (Å²) in [6, 6.07) is 6.56. The Morgan fingerprint density at radius 1 is 1.21 bits per heavy atom. The maximum atomic E-state index is 13.1. The smallest absolute Gasteiger partial charge is 0.308 e. The van der Waals surface area contributed by atoms with Gasteiger partial charge in [0.2, 0.25) is 0 Å². The predicted octanol–water partition coefficient (Wildman–Crippen LogP) is 3.19. The highest BCUT2D eigenvalue weighted by Gasteiger charge is 2.27. The average molecular weight is 394 g/mol. The van der Waals surface area contributed by atoms with Crippen LogP contribution in [0.2, 0.25) is 0 Å². The number of ether oxygens (including phenoxy) is 2. The van der Waals surface area contributed by atoms with Crippen molar-refractivity contribution in [2.45, 2.75) is 51.7 Å². The van der Waals surface area contributed by atoms with E-state index in [4.69, 9.17) is 9.47 Å². The lowest BCUT2D eigenvalue weighted by atomic mass is 9.86. The first-order valence-corrected chi connectivity index (χ1v) is 10.1.